The minimum absolute atomic E-state index is 0.0519. The second-order valence-electron chi connectivity index (χ2n) is 8.37. The van der Waals surface area contributed by atoms with Crippen molar-refractivity contribution in [1.29, 1.82) is 0 Å². The van der Waals surface area contributed by atoms with Crippen molar-refractivity contribution in [2.45, 2.75) is 30.9 Å². The van der Waals surface area contributed by atoms with Crippen molar-refractivity contribution in [2.75, 3.05) is 39.4 Å². The Hall–Kier alpha value is -2.68. The minimum atomic E-state index is -4.83. The van der Waals surface area contributed by atoms with Gasteiger partial charge in [-0.05, 0) is 38.1 Å². The number of nitrogens with zero attached hydrogens (tertiary/aromatic N) is 4. The van der Waals surface area contributed by atoms with E-state index >= 15 is 0 Å². The second-order valence-corrected chi connectivity index (χ2v) is 10.2. The lowest BCUT2D eigenvalue weighted by molar-refractivity contribution is -0.279. The number of ether oxygens (including phenoxy) is 3. The summed E-state index contributed by atoms with van der Waals surface area (Å²) in [5.41, 5.74) is 1.03. The number of carbonyl (C=O) groups excluding carboxylic acids is 1. The molecule has 192 valence electrons. The Morgan fingerprint density at radius 1 is 1.09 bits per heavy atom. The largest absolute Gasteiger partial charge is 0.573 e. The van der Waals surface area contributed by atoms with E-state index in [0.29, 0.717) is 11.4 Å². The van der Waals surface area contributed by atoms with Gasteiger partial charge in [0.05, 0.1) is 37.7 Å². The van der Waals surface area contributed by atoms with E-state index in [0.717, 1.165) is 12.1 Å². The molecule has 10 nitrogen and oxygen atoms in total. The number of aryl methyl sites for hydroxylation is 2. The van der Waals surface area contributed by atoms with Crippen molar-refractivity contribution in [1.82, 2.24) is 19.0 Å². The fraction of sp³-hybridized carbons (Fsp3) is 0.524. The third-order valence-corrected chi connectivity index (χ3v) is 8.04. The van der Waals surface area contributed by atoms with Gasteiger partial charge in [0, 0.05) is 25.7 Å². The van der Waals surface area contributed by atoms with E-state index in [9.17, 15) is 26.4 Å². The van der Waals surface area contributed by atoms with Crippen LogP contribution in [0, 0.1) is 13.8 Å². The molecular weight excluding hydrogens is 493 g/mol. The zero-order valence-corrected chi connectivity index (χ0v) is 20.1. The zero-order chi connectivity index (χ0) is 25.6. The lowest BCUT2D eigenvalue weighted by Crippen LogP contribution is -2.63. The molecule has 0 N–H and O–H groups in total. The second kappa shape index (κ2) is 9.08. The van der Waals surface area contributed by atoms with Gasteiger partial charge in [0.15, 0.2) is 5.79 Å². The van der Waals surface area contributed by atoms with Crippen LogP contribution in [-0.2, 0) is 26.5 Å². The summed E-state index contributed by atoms with van der Waals surface area (Å²) in [5, 5.41) is 4.19. The summed E-state index contributed by atoms with van der Waals surface area (Å²) in [6, 6.07) is 4.58. The van der Waals surface area contributed by atoms with Crippen molar-refractivity contribution < 1.29 is 40.6 Å². The number of benzene rings is 1. The molecule has 2 fully saturated rings. The maximum Gasteiger partial charge on any atom is 0.573 e. The number of hydrogen-bond acceptors (Lipinski definition) is 7. The number of aromatic nitrogens is 2. The molecule has 3 heterocycles. The van der Waals surface area contributed by atoms with Crippen LogP contribution in [-0.4, -0.2) is 84.9 Å². The summed E-state index contributed by atoms with van der Waals surface area (Å²) in [4.78, 5) is 14.6. The van der Waals surface area contributed by atoms with Crippen LogP contribution < -0.4 is 4.74 Å². The maximum atomic E-state index is 13.4. The van der Waals surface area contributed by atoms with Gasteiger partial charge in [-0.25, -0.2) is 8.42 Å². The number of hydrogen-bond donors (Lipinski definition) is 0. The first-order valence-electron chi connectivity index (χ1n) is 10.7. The highest BCUT2D eigenvalue weighted by atomic mass is 32.2. The van der Waals surface area contributed by atoms with Crippen LogP contribution in [0.1, 0.15) is 21.7 Å². The Balaban J connectivity index is 1.51. The molecule has 0 saturated carbocycles. The van der Waals surface area contributed by atoms with Gasteiger partial charge >= 0.3 is 6.36 Å². The van der Waals surface area contributed by atoms with Crippen LogP contribution in [0.15, 0.2) is 29.2 Å². The molecule has 1 atom stereocenters. The van der Waals surface area contributed by atoms with Gasteiger partial charge in [0.25, 0.3) is 5.91 Å². The van der Waals surface area contributed by atoms with Crippen LogP contribution in [0.5, 0.6) is 5.75 Å². The molecule has 35 heavy (non-hydrogen) atoms. The highest BCUT2D eigenvalue weighted by molar-refractivity contribution is 7.89. The molecule has 0 bridgehead atoms. The monoisotopic (exact) mass is 518 g/mol. The predicted octanol–water partition coefficient (Wildman–Crippen LogP) is 1.83. The quantitative estimate of drug-likeness (QED) is 0.609. The Kier molecular flexibility index (Phi) is 6.59. The van der Waals surface area contributed by atoms with Gasteiger partial charge in [0.2, 0.25) is 10.0 Å². The smallest absolute Gasteiger partial charge is 0.406 e. The first kappa shape index (κ1) is 25.4. The number of rotatable bonds is 4. The fourth-order valence-corrected chi connectivity index (χ4v) is 6.14. The molecule has 1 amide bonds. The Morgan fingerprint density at radius 2 is 1.71 bits per heavy atom. The van der Waals surface area contributed by atoms with Crippen LogP contribution in [0.2, 0.25) is 0 Å². The maximum absolute atomic E-state index is 13.4. The van der Waals surface area contributed by atoms with Crippen LogP contribution in [0.4, 0.5) is 13.2 Å². The van der Waals surface area contributed by atoms with E-state index in [4.69, 9.17) is 9.47 Å². The number of morpholine rings is 2. The van der Waals surface area contributed by atoms with Crippen LogP contribution >= 0.6 is 0 Å². The van der Waals surface area contributed by atoms with Gasteiger partial charge in [0.1, 0.15) is 10.6 Å². The highest BCUT2D eigenvalue weighted by Crippen LogP contribution is 2.31. The highest BCUT2D eigenvalue weighted by Gasteiger charge is 2.47. The Bertz CT molecular complexity index is 1210. The fourth-order valence-electron chi connectivity index (χ4n) is 4.28. The van der Waals surface area contributed by atoms with Crippen molar-refractivity contribution in [2.24, 2.45) is 7.05 Å². The standard InChI is InChI=1S/C21H25F3N4O6S/c1-14-18(15(2)26(3)25-14)35(30,31)28-9-11-33-20(13-28)12-27(8-10-32-20)19(29)16-4-6-17(7-5-16)34-21(22,23)24/h4-7H,8-13H2,1-3H3. The van der Waals surface area contributed by atoms with Gasteiger partial charge in [-0.1, -0.05) is 0 Å². The average Bonchev–Trinajstić information content (AvgIpc) is 3.04. The molecule has 2 aromatic rings. The predicted molar refractivity (Wildman–Crippen MR) is 115 cm³/mol. The lowest BCUT2D eigenvalue weighted by atomic mass is 10.1. The molecular formula is C21H25F3N4O6S. The van der Waals surface area contributed by atoms with E-state index in [1.165, 1.54) is 26.0 Å². The molecule has 1 aromatic carbocycles. The average molecular weight is 519 g/mol. The third kappa shape index (κ3) is 5.15. The summed E-state index contributed by atoms with van der Waals surface area (Å²) >= 11 is 0. The van der Waals surface area contributed by atoms with Crippen molar-refractivity contribution in [3.8, 4) is 5.75 Å². The van der Waals surface area contributed by atoms with Crippen molar-refractivity contribution in [3.63, 3.8) is 0 Å². The summed E-state index contributed by atoms with van der Waals surface area (Å²) in [6.07, 6.45) is -4.83. The normalized spacial score (nSPS) is 21.9. The Morgan fingerprint density at radius 3 is 2.29 bits per heavy atom. The molecule has 2 aliphatic heterocycles. The topological polar surface area (TPSA) is 103 Å². The van der Waals surface area contributed by atoms with Gasteiger partial charge in [-0.15, -0.1) is 13.2 Å². The number of carbonyl (C=O) groups is 1. The van der Waals surface area contributed by atoms with Crippen LogP contribution in [0.3, 0.4) is 0 Å². The Labute approximate surface area is 200 Å². The minimum Gasteiger partial charge on any atom is -0.406 e. The van der Waals surface area contributed by atoms with E-state index < -0.39 is 33.8 Å². The number of sulfonamides is 1. The molecule has 1 unspecified atom stereocenters. The number of halogens is 3. The molecule has 1 aromatic heterocycles. The first-order chi connectivity index (χ1) is 16.3. The summed E-state index contributed by atoms with van der Waals surface area (Å²) in [7, 11) is -2.24. The molecule has 0 aliphatic carbocycles. The molecule has 4 rings (SSSR count). The van der Waals surface area contributed by atoms with Gasteiger partial charge in [-0.2, -0.15) is 9.40 Å². The molecule has 14 heteroatoms. The van der Waals surface area contributed by atoms with E-state index in [2.05, 4.69) is 9.84 Å². The molecule has 2 saturated heterocycles. The third-order valence-electron chi connectivity index (χ3n) is 5.94. The van der Waals surface area contributed by atoms with Gasteiger partial charge in [-0.3, -0.25) is 9.48 Å². The molecule has 2 aliphatic rings. The lowest BCUT2D eigenvalue weighted by Gasteiger charge is -2.46. The van der Waals surface area contributed by atoms with Crippen molar-refractivity contribution in [3.05, 3.63) is 41.2 Å². The summed E-state index contributed by atoms with van der Waals surface area (Å²) in [6.45, 7) is 3.58. The van der Waals surface area contributed by atoms with Crippen molar-refractivity contribution >= 4 is 15.9 Å². The summed E-state index contributed by atoms with van der Waals surface area (Å²) < 4.78 is 82.3. The summed E-state index contributed by atoms with van der Waals surface area (Å²) in [5.74, 6) is -2.26. The SMILES string of the molecule is Cc1nn(C)c(C)c1S(=O)(=O)N1CCOC2(CN(C(=O)c3ccc(OC(F)(F)F)cc3)CCO2)C1. The number of alkyl halides is 3. The molecule has 0 radical (unpaired) electrons. The van der Waals surface area contributed by atoms with Gasteiger partial charge < -0.3 is 19.1 Å². The number of amides is 1. The zero-order valence-electron chi connectivity index (χ0n) is 19.3. The molecule has 1 spiro atoms. The van der Waals surface area contributed by atoms with E-state index in [-0.39, 0.29) is 49.9 Å². The van der Waals surface area contributed by atoms with E-state index in [1.807, 2.05) is 0 Å². The van der Waals surface area contributed by atoms with E-state index in [1.54, 1.807) is 20.9 Å². The first-order valence-corrected chi connectivity index (χ1v) is 12.2. The van der Waals surface area contributed by atoms with Crippen LogP contribution in [0.25, 0.3) is 0 Å².